The zero-order valence-corrected chi connectivity index (χ0v) is 11.6. The van der Waals surface area contributed by atoms with Crippen molar-refractivity contribution in [1.82, 2.24) is 19.6 Å². The van der Waals surface area contributed by atoms with Crippen LogP contribution in [0, 0.1) is 6.92 Å². The zero-order chi connectivity index (χ0) is 14.0. The molecule has 0 saturated carbocycles. The van der Waals surface area contributed by atoms with Crippen LogP contribution in [-0.4, -0.2) is 44.2 Å². The van der Waals surface area contributed by atoms with E-state index in [0.29, 0.717) is 16.8 Å². The standard InChI is InChI=1S/C10H11BrF3N5/c1-7-4-8(19-9(17-7)15-6-16-19)18(3-2-11)5-10(12,13)14/h4,6H,2-3,5H2,1H3. The largest absolute Gasteiger partial charge is 0.405 e. The molecule has 0 aliphatic heterocycles. The van der Waals surface area contributed by atoms with E-state index < -0.39 is 12.7 Å². The summed E-state index contributed by atoms with van der Waals surface area (Å²) in [6, 6.07) is 1.57. The highest BCUT2D eigenvalue weighted by atomic mass is 79.9. The molecule has 5 nitrogen and oxygen atoms in total. The van der Waals surface area contributed by atoms with E-state index in [9.17, 15) is 13.2 Å². The Bertz CT molecular complexity index is 568. The smallest absolute Gasteiger partial charge is 0.346 e. The van der Waals surface area contributed by atoms with E-state index in [4.69, 9.17) is 0 Å². The molecule has 2 rings (SSSR count). The van der Waals surface area contributed by atoms with E-state index in [1.165, 1.54) is 15.7 Å². The minimum absolute atomic E-state index is 0.206. The van der Waals surface area contributed by atoms with Gasteiger partial charge in [-0.1, -0.05) is 15.9 Å². The van der Waals surface area contributed by atoms with Crippen molar-refractivity contribution in [1.29, 1.82) is 0 Å². The average Bonchev–Trinajstić information content (AvgIpc) is 2.73. The van der Waals surface area contributed by atoms with Crippen molar-refractivity contribution < 1.29 is 13.2 Å². The van der Waals surface area contributed by atoms with Gasteiger partial charge in [0.15, 0.2) is 0 Å². The van der Waals surface area contributed by atoms with Crippen molar-refractivity contribution in [2.45, 2.75) is 13.1 Å². The first-order valence-corrected chi connectivity index (χ1v) is 6.58. The molecule has 0 fully saturated rings. The van der Waals surface area contributed by atoms with Gasteiger partial charge in [-0.2, -0.15) is 27.8 Å². The molecule has 0 aromatic carbocycles. The molecule has 0 aliphatic carbocycles. The van der Waals surface area contributed by atoms with Crippen molar-refractivity contribution >= 4 is 27.5 Å². The van der Waals surface area contributed by atoms with Gasteiger partial charge in [0.2, 0.25) is 0 Å². The van der Waals surface area contributed by atoms with E-state index in [1.54, 1.807) is 13.0 Å². The molecule has 0 atom stereocenters. The van der Waals surface area contributed by atoms with Crippen LogP contribution in [-0.2, 0) is 0 Å². The Morgan fingerprint density at radius 2 is 2.16 bits per heavy atom. The Labute approximate surface area is 115 Å². The third kappa shape index (κ3) is 3.34. The highest BCUT2D eigenvalue weighted by molar-refractivity contribution is 9.09. The van der Waals surface area contributed by atoms with E-state index in [0.717, 1.165) is 0 Å². The summed E-state index contributed by atoms with van der Waals surface area (Å²) in [5, 5.41) is 4.33. The molecule has 2 aromatic heterocycles. The zero-order valence-electron chi connectivity index (χ0n) is 10.0. The molecule has 0 aliphatic rings. The van der Waals surface area contributed by atoms with Gasteiger partial charge in [-0.05, 0) is 6.92 Å². The van der Waals surface area contributed by atoms with E-state index in [-0.39, 0.29) is 12.3 Å². The number of halogens is 4. The summed E-state index contributed by atoms with van der Waals surface area (Å²) in [5.41, 5.74) is 0.595. The number of rotatable bonds is 4. The van der Waals surface area contributed by atoms with Crippen molar-refractivity contribution in [3.63, 3.8) is 0 Å². The van der Waals surface area contributed by atoms with E-state index in [2.05, 4.69) is 31.0 Å². The molecule has 0 amide bonds. The van der Waals surface area contributed by atoms with Crippen molar-refractivity contribution in [2.24, 2.45) is 0 Å². The number of alkyl halides is 4. The number of fused-ring (bicyclic) bond motifs is 1. The summed E-state index contributed by atoms with van der Waals surface area (Å²) in [4.78, 5) is 9.20. The molecular formula is C10H11BrF3N5. The van der Waals surface area contributed by atoms with Crippen LogP contribution in [0.2, 0.25) is 0 Å². The number of hydrogen-bond acceptors (Lipinski definition) is 4. The molecule has 9 heteroatoms. The number of hydrogen-bond donors (Lipinski definition) is 0. The summed E-state index contributed by atoms with van der Waals surface area (Å²) < 4.78 is 39.2. The summed E-state index contributed by atoms with van der Waals surface area (Å²) in [6.07, 6.45) is -3.02. The maximum Gasteiger partial charge on any atom is 0.405 e. The van der Waals surface area contributed by atoms with Crippen LogP contribution < -0.4 is 4.90 Å². The normalized spacial score (nSPS) is 12.1. The second kappa shape index (κ2) is 5.32. The lowest BCUT2D eigenvalue weighted by Crippen LogP contribution is -2.37. The third-order valence-corrected chi connectivity index (χ3v) is 2.76. The first-order valence-electron chi connectivity index (χ1n) is 5.46. The first-order chi connectivity index (χ1) is 8.90. The first kappa shape index (κ1) is 14.0. The van der Waals surface area contributed by atoms with Gasteiger partial charge in [0.25, 0.3) is 5.78 Å². The van der Waals surface area contributed by atoms with Gasteiger partial charge in [-0.15, -0.1) is 0 Å². The van der Waals surface area contributed by atoms with Crippen LogP contribution in [0.15, 0.2) is 12.4 Å². The minimum atomic E-state index is -4.29. The lowest BCUT2D eigenvalue weighted by Gasteiger charge is -2.25. The number of anilines is 1. The number of aromatic nitrogens is 4. The SMILES string of the molecule is Cc1cc(N(CCBr)CC(F)(F)F)n2ncnc2n1. The van der Waals surface area contributed by atoms with Crippen molar-refractivity contribution in [3.8, 4) is 0 Å². The van der Waals surface area contributed by atoms with Gasteiger partial charge in [-0.25, -0.2) is 4.98 Å². The molecule has 0 saturated heterocycles. The molecule has 19 heavy (non-hydrogen) atoms. The average molecular weight is 338 g/mol. The van der Waals surface area contributed by atoms with Gasteiger partial charge < -0.3 is 4.90 Å². The molecule has 104 valence electrons. The Balaban J connectivity index is 2.45. The van der Waals surface area contributed by atoms with E-state index >= 15 is 0 Å². The summed E-state index contributed by atoms with van der Waals surface area (Å²) in [5.74, 6) is 0.619. The molecule has 0 unspecified atom stereocenters. The molecule has 0 bridgehead atoms. The lowest BCUT2D eigenvalue weighted by atomic mass is 10.3. The summed E-state index contributed by atoms with van der Waals surface area (Å²) in [6.45, 7) is 0.868. The molecular weight excluding hydrogens is 327 g/mol. The van der Waals surface area contributed by atoms with Crippen LogP contribution in [0.3, 0.4) is 0 Å². The summed E-state index contributed by atoms with van der Waals surface area (Å²) >= 11 is 3.16. The quantitative estimate of drug-likeness (QED) is 0.802. The fourth-order valence-corrected chi connectivity index (χ4v) is 2.16. The van der Waals surface area contributed by atoms with Crippen LogP contribution in [0.4, 0.5) is 19.0 Å². The maximum atomic E-state index is 12.6. The van der Waals surface area contributed by atoms with Crippen LogP contribution in [0.25, 0.3) is 5.78 Å². The second-order valence-electron chi connectivity index (χ2n) is 3.95. The van der Waals surface area contributed by atoms with Crippen LogP contribution in [0.1, 0.15) is 5.69 Å². The summed E-state index contributed by atoms with van der Waals surface area (Å²) in [7, 11) is 0. The van der Waals surface area contributed by atoms with Gasteiger partial charge in [0.1, 0.15) is 18.7 Å². The third-order valence-electron chi connectivity index (χ3n) is 2.41. The monoisotopic (exact) mass is 337 g/mol. The van der Waals surface area contributed by atoms with Gasteiger partial charge in [0, 0.05) is 23.6 Å². The highest BCUT2D eigenvalue weighted by Gasteiger charge is 2.31. The Morgan fingerprint density at radius 3 is 2.79 bits per heavy atom. The Kier molecular flexibility index (Phi) is 3.93. The maximum absolute atomic E-state index is 12.6. The number of aryl methyl sites for hydroxylation is 1. The highest BCUT2D eigenvalue weighted by Crippen LogP contribution is 2.22. The fraction of sp³-hybridized carbons (Fsp3) is 0.500. The molecule has 0 spiro atoms. The van der Waals surface area contributed by atoms with Crippen LogP contribution >= 0.6 is 15.9 Å². The fourth-order valence-electron chi connectivity index (χ4n) is 1.73. The minimum Gasteiger partial charge on any atom is -0.346 e. The predicted octanol–water partition coefficient (Wildman–Crippen LogP) is 2.20. The van der Waals surface area contributed by atoms with Crippen molar-refractivity contribution in [2.75, 3.05) is 23.3 Å². The molecule has 0 radical (unpaired) electrons. The Hall–Kier alpha value is -1.38. The Morgan fingerprint density at radius 1 is 1.42 bits per heavy atom. The number of nitrogens with zero attached hydrogens (tertiary/aromatic N) is 5. The van der Waals surface area contributed by atoms with Gasteiger partial charge in [0.05, 0.1) is 0 Å². The van der Waals surface area contributed by atoms with Gasteiger partial charge in [-0.3, -0.25) is 0 Å². The molecule has 2 aromatic rings. The second-order valence-corrected chi connectivity index (χ2v) is 4.75. The van der Waals surface area contributed by atoms with Gasteiger partial charge >= 0.3 is 6.18 Å². The van der Waals surface area contributed by atoms with E-state index in [1.807, 2.05) is 0 Å². The van der Waals surface area contributed by atoms with Crippen molar-refractivity contribution in [3.05, 3.63) is 18.1 Å². The molecule has 2 heterocycles. The lowest BCUT2D eigenvalue weighted by molar-refractivity contribution is -0.119. The van der Waals surface area contributed by atoms with Crippen LogP contribution in [0.5, 0.6) is 0 Å². The topological polar surface area (TPSA) is 46.3 Å². The molecule has 0 N–H and O–H groups in total. The predicted molar refractivity (Wildman–Crippen MR) is 67.6 cm³/mol.